The lowest BCUT2D eigenvalue weighted by molar-refractivity contribution is -0.189. The van der Waals surface area contributed by atoms with Gasteiger partial charge >= 0.3 is 6.11 Å². The summed E-state index contributed by atoms with van der Waals surface area (Å²) in [7, 11) is 0. The third-order valence-electron chi connectivity index (χ3n) is 7.83. The van der Waals surface area contributed by atoms with Crippen molar-refractivity contribution in [3.63, 3.8) is 0 Å². The van der Waals surface area contributed by atoms with Gasteiger partial charge in [-0.05, 0) is 104 Å². The molecular formula is C34H25F9O. The van der Waals surface area contributed by atoms with Gasteiger partial charge in [-0.3, -0.25) is 0 Å². The van der Waals surface area contributed by atoms with Gasteiger partial charge in [-0.15, -0.1) is 0 Å². The van der Waals surface area contributed by atoms with Crippen LogP contribution in [0.2, 0.25) is 0 Å². The highest BCUT2D eigenvalue weighted by Crippen LogP contribution is 2.40. The van der Waals surface area contributed by atoms with Gasteiger partial charge in [0.2, 0.25) is 0 Å². The van der Waals surface area contributed by atoms with E-state index < -0.39 is 69.3 Å². The van der Waals surface area contributed by atoms with Crippen LogP contribution in [0.3, 0.4) is 0 Å². The van der Waals surface area contributed by atoms with Crippen LogP contribution in [0.15, 0.2) is 72.8 Å². The van der Waals surface area contributed by atoms with E-state index in [1.165, 1.54) is 12.1 Å². The van der Waals surface area contributed by atoms with Crippen molar-refractivity contribution in [3.8, 4) is 28.0 Å². The Balaban J connectivity index is 1.36. The first kappa shape index (κ1) is 31.2. The Morgan fingerprint density at radius 3 is 1.68 bits per heavy atom. The van der Waals surface area contributed by atoms with E-state index in [1.54, 1.807) is 6.07 Å². The van der Waals surface area contributed by atoms with Crippen molar-refractivity contribution in [2.75, 3.05) is 0 Å². The highest BCUT2D eigenvalue weighted by atomic mass is 19.3. The second-order valence-electron chi connectivity index (χ2n) is 10.7. The first-order chi connectivity index (χ1) is 20.9. The van der Waals surface area contributed by atoms with Gasteiger partial charge in [0.05, 0.1) is 0 Å². The molecule has 0 bridgehead atoms. The van der Waals surface area contributed by atoms with E-state index in [4.69, 9.17) is 0 Å². The molecule has 1 aliphatic rings. The molecule has 4 aromatic carbocycles. The van der Waals surface area contributed by atoms with Crippen molar-refractivity contribution in [2.24, 2.45) is 5.92 Å². The molecule has 230 valence electrons. The summed E-state index contributed by atoms with van der Waals surface area (Å²) < 4.78 is 134. The number of alkyl halides is 2. The van der Waals surface area contributed by atoms with Crippen LogP contribution in [0, 0.1) is 46.6 Å². The molecule has 0 N–H and O–H groups in total. The van der Waals surface area contributed by atoms with Crippen LogP contribution in [0.4, 0.5) is 39.5 Å². The van der Waals surface area contributed by atoms with Crippen molar-refractivity contribution >= 4 is 0 Å². The highest BCUT2D eigenvalue weighted by molar-refractivity contribution is 5.66. The average Bonchev–Trinajstić information content (AvgIpc) is 2.95. The highest BCUT2D eigenvalue weighted by Gasteiger charge is 2.41. The Morgan fingerprint density at radius 2 is 1.16 bits per heavy atom. The molecule has 1 aliphatic carbocycles. The summed E-state index contributed by atoms with van der Waals surface area (Å²) in [5, 5.41) is 0. The smallest absolute Gasteiger partial charge is 0.429 e. The first-order valence-electron chi connectivity index (χ1n) is 13.8. The van der Waals surface area contributed by atoms with Gasteiger partial charge in [-0.1, -0.05) is 24.3 Å². The quantitative estimate of drug-likeness (QED) is 0.114. The lowest BCUT2D eigenvalue weighted by Gasteiger charge is -2.27. The minimum absolute atomic E-state index is 0.128. The van der Waals surface area contributed by atoms with E-state index in [1.807, 2.05) is 13.0 Å². The van der Waals surface area contributed by atoms with Crippen LogP contribution in [0.5, 0.6) is 5.75 Å². The normalized spacial score (nSPS) is 17.3. The van der Waals surface area contributed by atoms with Gasteiger partial charge in [-0.2, -0.15) is 8.78 Å². The van der Waals surface area contributed by atoms with Crippen LogP contribution in [-0.2, 0) is 6.11 Å². The maximum absolute atomic E-state index is 15.1. The third-order valence-corrected chi connectivity index (χ3v) is 7.83. The van der Waals surface area contributed by atoms with E-state index in [0.29, 0.717) is 36.2 Å². The van der Waals surface area contributed by atoms with Crippen LogP contribution in [-0.4, -0.2) is 0 Å². The second kappa shape index (κ2) is 12.4. The van der Waals surface area contributed by atoms with E-state index in [2.05, 4.69) is 10.8 Å². The fourth-order valence-electron chi connectivity index (χ4n) is 5.65. The number of allylic oxidation sites excluding steroid dienone is 2. The molecular weight excluding hydrogens is 595 g/mol. The number of hydrogen-bond donors (Lipinski definition) is 0. The monoisotopic (exact) mass is 620 g/mol. The summed E-state index contributed by atoms with van der Waals surface area (Å²) in [6.45, 7) is 1.96. The van der Waals surface area contributed by atoms with Crippen molar-refractivity contribution in [1.29, 1.82) is 0 Å². The van der Waals surface area contributed by atoms with Gasteiger partial charge in [0.25, 0.3) is 0 Å². The van der Waals surface area contributed by atoms with Gasteiger partial charge in [0, 0.05) is 17.2 Å². The van der Waals surface area contributed by atoms with Crippen LogP contribution in [0.25, 0.3) is 22.3 Å². The molecule has 0 heterocycles. The molecule has 0 spiro atoms. The molecule has 0 atom stereocenters. The summed E-state index contributed by atoms with van der Waals surface area (Å²) in [5.41, 5.74) is -2.44. The van der Waals surface area contributed by atoms with E-state index in [9.17, 15) is 35.1 Å². The fourth-order valence-corrected chi connectivity index (χ4v) is 5.65. The topological polar surface area (TPSA) is 9.23 Å². The van der Waals surface area contributed by atoms with E-state index >= 15 is 4.39 Å². The number of hydrogen-bond acceptors (Lipinski definition) is 1. The lowest BCUT2D eigenvalue weighted by atomic mass is 9.78. The SMILES string of the molecule is C/C=C/C1CCC(c2ccc(-c3cc(F)c(C(F)(F)Oc4ccc(-c5cc(F)c(F)c(F)c5)c(F)c4)c(F)c3)c(F)c2)CC1. The molecule has 0 saturated heterocycles. The first-order valence-corrected chi connectivity index (χ1v) is 13.8. The van der Waals surface area contributed by atoms with Gasteiger partial charge in [0.1, 0.15) is 34.6 Å². The molecule has 44 heavy (non-hydrogen) atoms. The summed E-state index contributed by atoms with van der Waals surface area (Å²) in [4.78, 5) is 0. The molecule has 0 unspecified atom stereocenters. The minimum Gasteiger partial charge on any atom is -0.429 e. The zero-order valence-electron chi connectivity index (χ0n) is 23.2. The van der Waals surface area contributed by atoms with E-state index in [0.717, 1.165) is 43.4 Å². The number of ether oxygens (including phenoxy) is 1. The molecule has 1 fully saturated rings. The molecule has 1 nitrogen and oxygen atoms in total. The van der Waals surface area contributed by atoms with Gasteiger partial charge < -0.3 is 4.74 Å². The fraction of sp³-hybridized carbons (Fsp3) is 0.235. The van der Waals surface area contributed by atoms with Crippen LogP contribution in [0.1, 0.15) is 49.7 Å². The molecule has 4 aromatic rings. The largest absolute Gasteiger partial charge is 0.432 e. The number of halogens is 9. The Bertz CT molecular complexity index is 1680. The van der Waals surface area contributed by atoms with Gasteiger partial charge in [-0.25, -0.2) is 30.7 Å². The molecule has 10 heteroatoms. The zero-order valence-corrected chi connectivity index (χ0v) is 23.2. The molecule has 5 rings (SSSR count). The molecule has 0 aromatic heterocycles. The second-order valence-corrected chi connectivity index (χ2v) is 10.7. The maximum atomic E-state index is 15.1. The lowest BCUT2D eigenvalue weighted by Crippen LogP contribution is -2.25. The van der Waals surface area contributed by atoms with Gasteiger partial charge in [0.15, 0.2) is 17.5 Å². The summed E-state index contributed by atoms with van der Waals surface area (Å²) in [6, 6.07) is 8.44. The molecule has 0 radical (unpaired) electrons. The Hall–Kier alpha value is -4.21. The Kier molecular flexibility index (Phi) is 8.81. The Labute approximate surface area is 247 Å². The zero-order chi connectivity index (χ0) is 31.8. The standard InChI is InChI=1S/C34H25F9O/c1-2-3-18-4-6-19(7-5-18)20-8-10-24(26(35)12-20)21-13-28(37)32(29(38)14-21)34(42,43)44-23-9-11-25(27(36)17-23)22-15-30(39)33(41)31(40)16-22/h2-3,8-19H,4-7H2,1H3/b3-2+. The summed E-state index contributed by atoms with van der Waals surface area (Å²) >= 11 is 0. The summed E-state index contributed by atoms with van der Waals surface area (Å²) in [5.74, 6) is -10.8. The van der Waals surface area contributed by atoms with Crippen molar-refractivity contribution < 1.29 is 44.3 Å². The average molecular weight is 621 g/mol. The number of benzene rings is 4. The van der Waals surface area contributed by atoms with Crippen molar-refractivity contribution in [3.05, 3.63) is 125 Å². The molecule has 0 amide bonds. The number of rotatable bonds is 7. The van der Waals surface area contributed by atoms with Crippen molar-refractivity contribution in [1.82, 2.24) is 0 Å². The molecule has 1 saturated carbocycles. The Morgan fingerprint density at radius 1 is 0.636 bits per heavy atom. The maximum Gasteiger partial charge on any atom is 0.432 e. The minimum atomic E-state index is -4.65. The van der Waals surface area contributed by atoms with E-state index in [-0.39, 0.29) is 17.0 Å². The van der Waals surface area contributed by atoms with Crippen LogP contribution >= 0.6 is 0 Å². The predicted molar refractivity (Wildman–Crippen MR) is 147 cm³/mol. The van der Waals surface area contributed by atoms with Crippen LogP contribution < -0.4 is 4.74 Å². The third kappa shape index (κ3) is 6.34. The summed E-state index contributed by atoms with van der Waals surface area (Å²) in [6.07, 6.45) is 3.14. The van der Waals surface area contributed by atoms with Crippen molar-refractivity contribution in [2.45, 2.75) is 44.6 Å². The predicted octanol–water partition coefficient (Wildman–Crippen LogP) is 11.0. The molecule has 0 aliphatic heterocycles.